The smallest absolute Gasteiger partial charge is 0.274 e. The van der Waals surface area contributed by atoms with E-state index in [4.69, 9.17) is 0 Å². The molecule has 166 valence electrons. The van der Waals surface area contributed by atoms with E-state index < -0.39 is 0 Å². The molecule has 2 aromatic rings. The number of nitrogens with one attached hydrogen (secondary N) is 1. The third-order valence-corrected chi connectivity index (χ3v) is 6.38. The van der Waals surface area contributed by atoms with Crippen LogP contribution in [-0.2, 0) is 6.54 Å². The van der Waals surface area contributed by atoms with Gasteiger partial charge in [-0.1, -0.05) is 31.4 Å². The SMILES string of the molecule is Cc1cc(CN(C)C)ccc1NC(=O)c1cc(N(CC2CC2)C2CCCCC2)ncn1. The van der Waals surface area contributed by atoms with E-state index >= 15 is 0 Å². The molecular formula is C25H35N5O. The maximum atomic E-state index is 13.0. The molecule has 0 spiro atoms. The van der Waals surface area contributed by atoms with Crippen molar-refractivity contribution in [3.8, 4) is 0 Å². The van der Waals surface area contributed by atoms with Crippen molar-refractivity contribution in [1.82, 2.24) is 14.9 Å². The van der Waals surface area contributed by atoms with Gasteiger partial charge in [-0.3, -0.25) is 4.79 Å². The number of carbonyl (C=O) groups is 1. The number of nitrogens with zero attached hydrogens (tertiary/aromatic N) is 4. The Morgan fingerprint density at radius 2 is 1.84 bits per heavy atom. The molecule has 6 nitrogen and oxygen atoms in total. The second-order valence-electron chi connectivity index (χ2n) is 9.49. The number of aromatic nitrogens is 2. The number of hydrogen-bond acceptors (Lipinski definition) is 5. The number of rotatable bonds is 8. The van der Waals surface area contributed by atoms with Crippen LogP contribution in [0.5, 0.6) is 0 Å². The Bertz CT molecular complexity index is 903. The average molecular weight is 422 g/mol. The lowest BCUT2D eigenvalue weighted by molar-refractivity contribution is 0.102. The Hall–Kier alpha value is -2.47. The van der Waals surface area contributed by atoms with Crippen LogP contribution >= 0.6 is 0 Å². The fourth-order valence-corrected chi connectivity index (χ4v) is 4.55. The highest BCUT2D eigenvalue weighted by molar-refractivity contribution is 6.03. The van der Waals surface area contributed by atoms with Crippen molar-refractivity contribution < 1.29 is 4.79 Å². The molecule has 0 atom stereocenters. The quantitative estimate of drug-likeness (QED) is 0.672. The highest BCUT2D eigenvalue weighted by atomic mass is 16.1. The first-order valence-electron chi connectivity index (χ1n) is 11.6. The minimum atomic E-state index is -0.179. The Kier molecular flexibility index (Phi) is 6.86. The minimum absolute atomic E-state index is 0.179. The second kappa shape index (κ2) is 9.77. The molecule has 1 aromatic carbocycles. The van der Waals surface area contributed by atoms with Gasteiger partial charge in [-0.2, -0.15) is 0 Å². The van der Waals surface area contributed by atoms with Gasteiger partial charge in [0.15, 0.2) is 0 Å². The topological polar surface area (TPSA) is 61.4 Å². The van der Waals surface area contributed by atoms with Crippen molar-refractivity contribution in [2.24, 2.45) is 5.92 Å². The number of amides is 1. The zero-order chi connectivity index (χ0) is 21.8. The standard InChI is InChI=1S/C25H35N5O/c1-18-13-20(15-29(2)3)11-12-22(18)28-25(31)23-14-24(27-17-26-23)30(16-19-9-10-19)21-7-5-4-6-8-21/h11-14,17,19,21H,4-10,15-16H2,1-3H3,(H,28,31). The molecule has 4 rings (SSSR count). The molecule has 31 heavy (non-hydrogen) atoms. The van der Waals surface area contributed by atoms with E-state index in [2.05, 4.69) is 51.3 Å². The lowest BCUT2D eigenvalue weighted by atomic mass is 9.94. The Morgan fingerprint density at radius 3 is 2.52 bits per heavy atom. The normalized spacial score (nSPS) is 17.0. The van der Waals surface area contributed by atoms with Crippen molar-refractivity contribution in [2.45, 2.75) is 64.5 Å². The molecule has 0 bridgehead atoms. The Morgan fingerprint density at radius 1 is 1.06 bits per heavy atom. The van der Waals surface area contributed by atoms with Crippen LogP contribution in [0.2, 0.25) is 0 Å². The molecule has 0 unspecified atom stereocenters. The largest absolute Gasteiger partial charge is 0.353 e. The van der Waals surface area contributed by atoms with E-state index in [-0.39, 0.29) is 5.91 Å². The van der Waals surface area contributed by atoms with Crippen molar-refractivity contribution in [3.63, 3.8) is 0 Å². The summed E-state index contributed by atoms with van der Waals surface area (Å²) in [6, 6.07) is 8.58. The second-order valence-corrected chi connectivity index (χ2v) is 9.49. The number of carbonyl (C=O) groups excluding carboxylic acids is 1. The predicted molar refractivity (Wildman–Crippen MR) is 125 cm³/mol. The summed E-state index contributed by atoms with van der Waals surface area (Å²) in [4.78, 5) is 26.4. The summed E-state index contributed by atoms with van der Waals surface area (Å²) in [7, 11) is 4.11. The molecule has 1 aromatic heterocycles. The highest BCUT2D eigenvalue weighted by Gasteiger charge is 2.30. The number of anilines is 2. The van der Waals surface area contributed by atoms with Gasteiger partial charge in [0.2, 0.25) is 0 Å². The van der Waals surface area contributed by atoms with Gasteiger partial charge in [0, 0.05) is 30.9 Å². The molecule has 0 aliphatic heterocycles. The van der Waals surface area contributed by atoms with Crippen molar-refractivity contribution in [3.05, 3.63) is 47.4 Å². The van der Waals surface area contributed by atoms with Crippen LogP contribution in [0.1, 0.15) is 66.6 Å². The first kappa shape index (κ1) is 21.8. The van der Waals surface area contributed by atoms with Crippen molar-refractivity contribution >= 4 is 17.4 Å². The van der Waals surface area contributed by atoms with Gasteiger partial charge in [0.25, 0.3) is 5.91 Å². The summed E-state index contributed by atoms with van der Waals surface area (Å²) >= 11 is 0. The predicted octanol–water partition coefficient (Wildman–Crippen LogP) is 4.65. The molecule has 0 radical (unpaired) electrons. The van der Waals surface area contributed by atoms with E-state index in [1.165, 1.54) is 50.5 Å². The first-order chi connectivity index (χ1) is 15.0. The van der Waals surface area contributed by atoms with Gasteiger partial charge in [-0.25, -0.2) is 9.97 Å². The lowest BCUT2D eigenvalue weighted by Crippen LogP contribution is -2.39. The number of benzene rings is 1. The van der Waals surface area contributed by atoms with Gasteiger partial charge in [-0.15, -0.1) is 0 Å². The molecule has 6 heteroatoms. The molecule has 0 saturated heterocycles. The third kappa shape index (κ3) is 5.82. The fraction of sp³-hybridized carbons (Fsp3) is 0.560. The Labute approximate surface area is 186 Å². The molecule has 2 aliphatic rings. The Balaban J connectivity index is 1.49. The molecule has 2 saturated carbocycles. The summed E-state index contributed by atoms with van der Waals surface area (Å²) < 4.78 is 0. The van der Waals surface area contributed by atoms with Crippen LogP contribution in [-0.4, -0.2) is 47.5 Å². The van der Waals surface area contributed by atoms with Gasteiger partial charge in [-0.05, 0) is 69.8 Å². The third-order valence-electron chi connectivity index (χ3n) is 6.38. The van der Waals surface area contributed by atoms with Gasteiger partial charge in [0.05, 0.1) is 0 Å². The van der Waals surface area contributed by atoms with E-state index in [0.29, 0.717) is 11.7 Å². The minimum Gasteiger partial charge on any atom is -0.353 e. The summed E-state index contributed by atoms with van der Waals surface area (Å²) in [6.45, 7) is 3.96. The molecule has 1 N–H and O–H groups in total. The molecule has 2 fully saturated rings. The van der Waals surface area contributed by atoms with Crippen molar-refractivity contribution in [1.29, 1.82) is 0 Å². The highest BCUT2D eigenvalue weighted by Crippen LogP contribution is 2.34. The van der Waals surface area contributed by atoms with E-state index in [1.54, 1.807) is 6.33 Å². The zero-order valence-electron chi connectivity index (χ0n) is 19.1. The molecule has 1 heterocycles. The first-order valence-corrected chi connectivity index (χ1v) is 11.6. The van der Waals surface area contributed by atoms with E-state index in [0.717, 1.165) is 36.1 Å². The number of hydrogen-bond donors (Lipinski definition) is 1. The maximum Gasteiger partial charge on any atom is 0.274 e. The van der Waals surface area contributed by atoms with Crippen molar-refractivity contribution in [2.75, 3.05) is 30.9 Å². The lowest BCUT2D eigenvalue weighted by Gasteiger charge is -2.35. The maximum absolute atomic E-state index is 13.0. The van der Waals surface area contributed by atoms with E-state index in [9.17, 15) is 4.79 Å². The van der Waals surface area contributed by atoms with Crippen LogP contribution < -0.4 is 10.2 Å². The summed E-state index contributed by atoms with van der Waals surface area (Å²) in [5.41, 5.74) is 3.54. The summed E-state index contributed by atoms with van der Waals surface area (Å²) in [6.07, 6.45) is 10.5. The zero-order valence-corrected chi connectivity index (χ0v) is 19.1. The van der Waals surface area contributed by atoms with Crippen LogP contribution in [0.15, 0.2) is 30.6 Å². The van der Waals surface area contributed by atoms with E-state index in [1.807, 2.05) is 19.1 Å². The van der Waals surface area contributed by atoms with Crippen LogP contribution in [0.4, 0.5) is 11.5 Å². The molecule has 2 aliphatic carbocycles. The summed E-state index contributed by atoms with van der Waals surface area (Å²) in [5, 5.41) is 3.04. The summed E-state index contributed by atoms with van der Waals surface area (Å²) in [5.74, 6) is 1.50. The van der Waals surface area contributed by atoms with Crippen LogP contribution in [0, 0.1) is 12.8 Å². The van der Waals surface area contributed by atoms with Gasteiger partial charge in [0.1, 0.15) is 17.8 Å². The molecular weight excluding hydrogens is 386 g/mol. The van der Waals surface area contributed by atoms with Crippen LogP contribution in [0.3, 0.4) is 0 Å². The number of aryl methyl sites for hydroxylation is 1. The average Bonchev–Trinajstić information content (AvgIpc) is 3.58. The van der Waals surface area contributed by atoms with Gasteiger partial charge >= 0.3 is 0 Å². The monoisotopic (exact) mass is 421 g/mol. The van der Waals surface area contributed by atoms with Gasteiger partial charge < -0.3 is 15.1 Å². The fourth-order valence-electron chi connectivity index (χ4n) is 4.55. The molecule has 1 amide bonds. The van der Waals surface area contributed by atoms with Crippen LogP contribution in [0.25, 0.3) is 0 Å².